The summed E-state index contributed by atoms with van der Waals surface area (Å²) in [6.07, 6.45) is 1.61. The van der Waals surface area contributed by atoms with Crippen LogP contribution in [-0.2, 0) is 0 Å². The van der Waals surface area contributed by atoms with Gasteiger partial charge >= 0.3 is 0 Å². The van der Waals surface area contributed by atoms with E-state index in [0.29, 0.717) is 12.3 Å². The highest BCUT2D eigenvalue weighted by atomic mass is 13.9. The Morgan fingerprint density at radius 2 is 2.12 bits per heavy atom. The van der Waals surface area contributed by atoms with Gasteiger partial charge in [-0.2, -0.15) is 0 Å². The molecule has 2 radical (unpaired) electrons. The zero-order valence-corrected chi connectivity index (χ0v) is 5.41. The van der Waals surface area contributed by atoms with Crippen molar-refractivity contribution in [3.05, 3.63) is 13.8 Å². The Bertz CT molecular complexity index is 92.3. The molecule has 0 rings (SSSR count). The van der Waals surface area contributed by atoms with Gasteiger partial charge in [-0.05, 0) is 13.3 Å². The molecule has 8 heavy (non-hydrogen) atoms. The molecule has 0 aliphatic carbocycles. The van der Waals surface area contributed by atoms with E-state index in [1.54, 1.807) is 0 Å². The highest BCUT2D eigenvalue weighted by Crippen LogP contribution is 1.95. The van der Waals surface area contributed by atoms with Crippen molar-refractivity contribution in [2.75, 3.05) is 0 Å². The topological polar surface area (TPSA) is 0 Å². The van der Waals surface area contributed by atoms with Gasteiger partial charge in [0.15, 0.2) is 0 Å². The normalized spacial score (nSPS) is 11.9. The molecular weight excluding hydrogens is 96.1 g/mol. The largest absolute Gasteiger partial charge is 0.103 e. The van der Waals surface area contributed by atoms with E-state index in [9.17, 15) is 0 Å². The van der Waals surface area contributed by atoms with E-state index < -0.39 is 0 Å². The molecule has 0 saturated heterocycles. The number of hydrogen-bond donors (Lipinski definition) is 0. The number of rotatable bonds is 1. The molecule has 0 aromatic rings. The summed E-state index contributed by atoms with van der Waals surface area (Å²) in [4.78, 5) is 0. The zero-order chi connectivity index (χ0) is 6.41. The molecule has 0 heterocycles. The van der Waals surface area contributed by atoms with E-state index in [0.717, 1.165) is 6.42 Å². The van der Waals surface area contributed by atoms with E-state index >= 15 is 0 Å². The fourth-order valence-corrected chi connectivity index (χ4v) is 0.319. The Morgan fingerprint density at radius 3 is 2.50 bits per heavy atom. The van der Waals surface area contributed by atoms with Gasteiger partial charge in [0.25, 0.3) is 0 Å². The van der Waals surface area contributed by atoms with Gasteiger partial charge in [-0.15, -0.1) is 11.8 Å². The molecule has 44 valence electrons. The lowest BCUT2D eigenvalue weighted by Gasteiger charge is -1.92. The molecule has 0 spiro atoms. The molecule has 0 aromatic carbocycles. The Morgan fingerprint density at radius 1 is 1.50 bits per heavy atom. The lowest BCUT2D eigenvalue weighted by Crippen LogP contribution is -1.84. The molecule has 0 nitrogen and oxygen atoms in total. The average Bonchev–Trinajstić information content (AvgIpc) is 1.83. The maximum atomic E-state index is 3.72. The standard InChI is InChI=1S/C8H12/c1-4-6-7-8(3)5-2/h8H,1-2,4-5H2,3H3. The van der Waals surface area contributed by atoms with Crippen LogP contribution in [0.3, 0.4) is 0 Å². The summed E-state index contributed by atoms with van der Waals surface area (Å²) >= 11 is 0. The second kappa shape index (κ2) is 4.71. The minimum Gasteiger partial charge on any atom is -0.103 e. The van der Waals surface area contributed by atoms with Crippen LogP contribution in [0.25, 0.3) is 0 Å². The second-order valence-corrected chi connectivity index (χ2v) is 1.76. The van der Waals surface area contributed by atoms with Gasteiger partial charge in [0.05, 0.1) is 0 Å². The van der Waals surface area contributed by atoms with Gasteiger partial charge < -0.3 is 0 Å². The first kappa shape index (κ1) is 7.56. The Kier molecular flexibility index (Phi) is 4.45. The third-order valence-corrected chi connectivity index (χ3v) is 0.906. The van der Waals surface area contributed by atoms with Crippen LogP contribution < -0.4 is 0 Å². The van der Waals surface area contributed by atoms with Gasteiger partial charge in [0.1, 0.15) is 0 Å². The van der Waals surface area contributed by atoms with Gasteiger partial charge in [-0.25, -0.2) is 0 Å². The molecular formula is C8H12. The van der Waals surface area contributed by atoms with Crippen molar-refractivity contribution < 1.29 is 0 Å². The van der Waals surface area contributed by atoms with Crippen molar-refractivity contribution in [2.45, 2.75) is 19.8 Å². The molecule has 0 aliphatic heterocycles. The second-order valence-electron chi connectivity index (χ2n) is 1.76. The van der Waals surface area contributed by atoms with Crippen LogP contribution >= 0.6 is 0 Å². The van der Waals surface area contributed by atoms with E-state index in [1.165, 1.54) is 0 Å². The third kappa shape index (κ3) is 3.74. The lowest BCUT2D eigenvalue weighted by molar-refractivity contribution is 0.770. The maximum absolute atomic E-state index is 3.72. The van der Waals surface area contributed by atoms with Crippen LogP contribution in [0.15, 0.2) is 0 Å². The molecule has 0 N–H and O–H groups in total. The van der Waals surface area contributed by atoms with Crippen molar-refractivity contribution in [2.24, 2.45) is 5.92 Å². The summed E-state index contributed by atoms with van der Waals surface area (Å²) in [7, 11) is 0. The van der Waals surface area contributed by atoms with Crippen LogP contribution in [0.5, 0.6) is 0 Å². The van der Waals surface area contributed by atoms with Crippen LogP contribution in [0, 0.1) is 31.6 Å². The Labute approximate surface area is 52.3 Å². The lowest BCUT2D eigenvalue weighted by atomic mass is 10.1. The molecule has 0 bridgehead atoms. The van der Waals surface area contributed by atoms with Crippen molar-refractivity contribution in [1.82, 2.24) is 0 Å². The highest BCUT2D eigenvalue weighted by Gasteiger charge is 1.86. The summed E-state index contributed by atoms with van der Waals surface area (Å²) in [5.41, 5.74) is 0. The SMILES string of the molecule is [CH2]CC#CC(C)C[CH2]. The van der Waals surface area contributed by atoms with Crippen LogP contribution in [0.2, 0.25) is 0 Å². The first-order valence-electron chi connectivity index (χ1n) is 2.88. The quantitative estimate of drug-likeness (QED) is 0.451. The molecule has 1 unspecified atom stereocenters. The van der Waals surface area contributed by atoms with Crippen molar-refractivity contribution >= 4 is 0 Å². The predicted octanol–water partition coefficient (Wildman–Crippen LogP) is 2.07. The third-order valence-electron chi connectivity index (χ3n) is 0.906. The van der Waals surface area contributed by atoms with Crippen LogP contribution in [0.1, 0.15) is 19.8 Å². The first-order chi connectivity index (χ1) is 3.81. The molecule has 0 saturated carbocycles. The van der Waals surface area contributed by atoms with Crippen molar-refractivity contribution in [3.63, 3.8) is 0 Å². The van der Waals surface area contributed by atoms with Crippen LogP contribution in [-0.4, -0.2) is 0 Å². The minimum absolute atomic E-state index is 0.441. The van der Waals surface area contributed by atoms with Crippen molar-refractivity contribution in [3.8, 4) is 11.8 Å². The summed E-state index contributed by atoms with van der Waals surface area (Å²) in [5, 5.41) is 0. The van der Waals surface area contributed by atoms with Gasteiger partial charge in [-0.1, -0.05) is 13.8 Å². The fourth-order valence-electron chi connectivity index (χ4n) is 0.319. The minimum atomic E-state index is 0.441. The maximum Gasteiger partial charge on any atom is 0.0174 e. The number of hydrogen-bond acceptors (Lipinski definition) is 0. The molecule has 0 heteroatoms. The molecule has 0 fully saturated rings. The Hall–Kier alpha value is -0.440. The van der Waals surface area contributed by atoms with E-state index in [4.69, 9.17) is 0 Å². The van der Waals surface area contributed by atoms with Gasteiger partial charge in [0, 0.05) is 12.3 Å². The van der Waals surface area contributed by atoms with E-state index in [2.05, 4.69) is 32.6 Å². The van der Waals surface area contributed by atoms with E-state index in [-0.39, 0.29) is 0 Å². The summed E-state index contributed by atoms with van der Waals surface area (Å²) in [6, 6.07) is 0. The van der Waals surface area contributed by atoms with Gasteiger partial charge in [-0.3, -0.25) is 0 Å². The molecule has 0 aliphatic rings. The average molecular weight is 108 g/mol. The highest BCUT2D eigenvalue weighted by molar-refractivity contribution is 5.02. The summed E-state index contributed by atoms with van der Waals surface area (Å²) < 4.78 is 0. The molecule has 0 aromatic heterocycles. The fraction of sp³-hybridized carbons (Fsp3) is 0.500. The van der Waals surface area contributed by atoms with Gasteiger partial charge in [0.2, 0.25) is 0 Å². The first-order valence-corrected chi connectivity index (χ1v) is 2.88. The summed E-state index contributed by atoms with van der Waals surface area (Å²) in [6.45, 7) is 9.38. The van der Waals surface area contributed by atoms with E-state index in [1.807, 2.05) is 0 Å². The summed E-state index contributed by atoms with van der Waals surface area (Å²) in [5.74, 6) is 6.35. The monoisotopic (exact) mass is 108 g/mol. The zero-order valence-electron chi connectivity index (χ0n) is 5.41. The van der Waals surface area contributed by atoms with Crippen LogP contribution in [0.4, 0.5) is 0 Å². The predicted molar refractivity (Wildman–Crippen MR) is 36.9 cm³/mol. The molecule has 1 atom stereocenters. The molecule has 0 amide bonds. The smallest absolute Gasteiger partial charge is 0.0174 e. The Balaban J connectivity index is 3.35. The van der Waals surface area contributed by atoms with Crippen molar-refractivity contribution in [1.29, 1.82) is 0 Å².